The lowest BCUT2D eigenvalue weighted by Gasteiger charge is -2.09. The number of para-hydroxylation sites is 1. The number of benzene rings is 1. The van der Waals surface area contributed by atoms with Gasteiger partial charge in [-0.2, -0.15) is 8.42 Å². The maximum absolute atomic E-state index is 10.7. The van der Waals surface area contributed by atoms with Crippen LogP contribution >= 0.6 is 0 Å². The van der Waals surface area contributed by atoms with Gasteiger partial charge >= 0.3 is 10.4 Å². The van der Waals surface area contributed by atoms with Crippen molar-refractivity contribution in [3.63, 3.8) is 0 Å². The van der Waals surface area contributed by atoms with Gasteiger partial charge in [0.2, 0.25) is 0 Å². The standard InChI is InChI=1S/C8H11NO3S.H2O4S/c9-7-4-2-1-3-6(7)8(5-10)13(11)12;1-5(2,3)4/h1-4,8,10,13H,5,9H2;(H2,1,2,3,4). The fourth-order valence-electron chi connectivity index (χ4n) is 1.09. The van der Waals surface area contributed by atoms with Crippen LogP contribution in [-0.4, -0.2) is 37.7 Å². The summed E-state index contributed by atoms with van der Waals surface area (Å²) < 4.78 is 53.0. The van der Waals surface area contributed by atoms with E-state index in [1.165, 1.54) is 0 Å². The van der Waals surface area contributed by atoms with Gasteiger partial charge in [-0.15, -0.1) is 0 Å². The average molecular weight is 299 g/mol. The minimum Gasteiger partial charge on any atom is -0.398 e. The highest BCUT2D eigenvalue weighted by Crippen LogP contribution is 2.21. The molecule has 0 saturated carbocycles. The van der Waals surface area contributed by atoms with E-state index in [0.29, 0.717) is 11.3 Å². The molecule has 0 radical (unpaired) electrons. The first-order valence-corrected chi connectivity index (χ1v) is 7.09. The Bertz CT molecular complexity index is 536. The van der Waals surface area contributed by atoms with E-state index < -0.39 is 33.0 Å². The fraction of sp³-hybridized carbons (Fsp3) is 0.250. The smallest absolute Gasteiger partial charge is 0.394 e. The van der Waals surface area contributed by atoms with Crippen LogP contribution in [0.4, 0.5) is 5.69 Å². The fourth-order valence-corrected chi connectivity index (χ4v) is 1.69. The average Bonchev–Trinajstić information content (AvgIpc) is 2.19. The van der Waals surface area contributed by atoms with E-state index in [2.05, 4.69) is 0 Å². The topological polar surface area (TPSA) is 155 Å². The van der Waals surface area contributed by atoms with Gasteiger partial charge in [0.05, 0.1) is 6.61 Å². The first kappa shape index (κ1) is 16.8. The summed E-state index contributed by atoms with van der Waals surface area (Å²) >= 11 is 0. The van der Waals surface area contributed by atoms with Gasteiger partial charge in [-0.05, 0) is 11.6 Å². The first-order chi connectivity index (χ1) is 8.16. The lowest BCUT2D eigenvalue weighted by molar-refractivity contribution is 0.293. The third-order valence-corrected chi connectivity index (χ3v) is 2.73. The van der Waals surface area contributed by atoms with Gasteiger partial charge in [0.15, 0.2) is 0 Å². The molecule has 1 atom stereocenters. The molecule has 0 amide bonds. The Balaban J connectivity index is 0.000000494. The van der Waals surface area contributed by atoms with Gasteiger partial charge in [-0.3, -0.25) is 9.11 Å². The first-order valence-electron chi connectivity index (χ1n) is 4.45. The van der Waals surface area contributed by atoms with E-state index in [0.717, 1.165) is 0 Å². The number of nitrogen functional groups attached to an aromatic ring is 1. The molecule has 5 N–H and O–H groups in total. The molecule has 104 valence electrons. The molecule has 0 spiro atoms. The maximum atomic E-state index is 10.7. The van der Waals surface area contributed by atoms with Crippen molar-refractivity contribution < 1.29 is 31.0 Å². The van der Waals surface area contributed by atoms with Gasteiger partial charge in [-0.1, -0.05) is 18.2 Å². The second kappa shape index (κ2) is 7.28. The highest BCUT2D eigenvalue weighted by molar-refractivity contribution is 7.79. The summed E-state index contributed by atoms with van der Waals surface area (Å²) in [6, 6.07) is 6.61. The molecule has 0 fully saturated rings. The monoisotopic (exact) mass is 299 g/mol. The molecule has 0 bridgehead atoms. The maximum Gasteiger partial charge on any atom is 0.394 e. The summed E-state index contributed by atoms with van der Waals surface area (Å²) in [5.74, 6) is 0. The molecule has 8 nitrogen and oxygen atoms in total. The molecule has 0 aliphatic carbocycles. The van der Waals surface area contributed by atoms with Gasteiger partial charge < -0.3 is 10.8 Å². The molecular weight excluding hydrogens is 286 g/mol. The van der Waals surface area contributed by atoms with Crippen molar-refractivity contribution in [3.8, 4) is 0 Å². The molecule has 0 heterocycles. The lowest BCUT2D eigenvalue weighted by atomic mass is 10.1. The number of hydrogen-bond acceptors (Lipinski definition) is 6. The minimum absolute atomic E-state index is 0.390. The Kier molecular flexibility index (Phi) is 6.80. The van der Waals surface area contributed by atoms with E-state index in [4.69, 9.17) is 28.4 Å². The second-order valence-corrected chi connectivity index (χ2v) is 5.15. The zero-order valence-electron chi connectivity index (χ0n) is 9.00. The third kappa shape index (κ3) is 7.19. The molecule has 1 unspecified atom stereocenters. The van der Waals surface area contributed by atoms with E-state index in [1.807, 2.05) is 0 Å². The summed E-state index contributed by atoms with van der Waals surface area (Å²) in [6.45, 7) is -0.438. The number of hydrogen-bond donors (Lipinski definition) is 5. The normalized spacial score (nSPS) is 12.7. The Labute approximate surface area is 106 Å². The summed E-state index contributed by atoms with van der Waals surface area (Å²) in [4.78, 5) is 0. The molecule has 0 aliphatic heterocycles. The predicted molar refractivity (Wildman–Crippen MR) is 65.2 cm³/mol. The van der Waals surface area contributed by atoms with Crippen molar-refractivity contribution in [2.75, 3.05) is 12.3 Å². The summed E-state index contributed by atoms with van der Waals surface area (Å²) in [7, 11) is -7.35. The minimum atomic E-state index is -4.67. The summed E-state index contributed by atoms with van der Waals surface area (Å²) in [5.41, 5.74) is 6.41. The molecule has 1 aromatic carbocycles. The lowest BCUT2D eigenvalue weighted by Crippen LogP contribution is -2.08. The molecule has 18 heavy (non-hydrogen) atoms. The molecule has 0 aliphatic rings. The van der Waals surface area contributed by atoms with Crippen molar-refractivity contribution in [2.45, 2.75) is 5.25 Å². The highest BCUT2D eigenvalue weighted by Gasteiger charge is 2.15. The number of anilines is 1. The van der Waals surface area contributed by atoms with Crippen LogP contribution in [0.5, 0.6) is 0 Å². The Hall–Kier alpha value is -1.20. The molecule has 10 heteroatoms. The number of aliphatic hydroxyl groups excluding tert-OH is 1. The number of nitrogens with two attached hydrogens (primary N) is 1. The molecular formula is C8H13NO7S2. The SMILES string of the molecule is Nc1ccccc1C(CO)[SH](=O)=O.O=S(=O)(O)O. The van der Waals surface area contributed by atoms with Gasteiger partial charge in [-0.25, -0.2) is 8.42 Å². The second-order valence-electron chi connectivity index (χ2n) is 3.06. The Morgan fingerprint density at radius 1 is 1.22 bits per heavy atom. The summed E-state index contributed by atoms with van der Waals surface area (Å²) in [5, 5.41) is 7.94. The van der Waals surface area contributed by atoms with E-state index in [1.54, 1.807) is 24.3 Å². The number of aliphatic hydroxyl groups is 1. The zero-order chi connectivity index (χ0) is 14.3. The van der Waals surface area contributed by atoms with Crippen LogP contribution in [0.3, 0.4) is 0 Å². The van der Waals surface area contributed by atoms with Crippen molar-refractivity contribution in [3.05, 3.63) is 29.8 Å². The molecule has 1 rings (SSSR count). The van der Waals surface area contributed by atoms with Crippen LogP contribution in [0.2, 0.25) is 0 Å². The Morgan fingerprint density at radius 2 is 1.67 bits per heavy atom. The van der Waals surface area contributed by atoms with Crippen molar-refractivity contribution in [1.29, 1.82) is 0 Å². The Morgan fingerprint density at radius 3 is 2.00 bits per heavy atom. The number of thiol groups is 1. The van der Waals surface area contributed by atoms with Gasteiger partial charge in [0.1, 0.15) is 16.0 Å². The van der Waals surface area contributed by atoms with Gasteiger partial charge in [0, 0.05) is 5.69 Å². The predicted octanol–water partition coefficient (Wildman–Crippen LogP) is -0.739. The van der Waals surface area contributed by atoms with Crippen LogP contribution in [0, 0.1) is 0 Å². The largest absolute Gasteiger partial charge is 0.398 e. The quantitative estimate of drug-likeness (QED) is 0.278. The summed E-state index contributed by atoms with van der Waals surface area (Å²) in [6.07, 6.45) is 0. The molecule has 0 aromatic heterocycles. The zero-order valence-corrected chi connectivity index (χ0v) is 10.7. The van der Waals surface area contributed by atoms with Crippen LogP contribution < -0.4 is 5.73 Å². The van der Waals surface area contributed by atoms with Gasteiger partial charge in [0.25, 0.3) is 0 Å². The van der Waals surface area contributed by atoms with E-state index in [9.17, 15) is 8.42 Å². The van der Waals surface area contributed by atoms with Crippen LogP contribution in [-0.2, 0) is 21.1 Å². The van der Waals surface area contributed by atoms with Crippen LogP contribution in [0.1, 0.15) is 10.8 Å². The van der Waals surface area contributed by atoms with Crippen molar-refractivity contribution in [1.82, 2.24) is 0 Å². The van der Waals surface area contributed by atoms with Crippen LogP contribution in [0.25, 0.3) is 0 Å². The van der Waals surface area contributed by atoms with Crippen LogP contribution in [0.15, 0.2) is 24.3 Å². The van der Waals surface area contributed by atoms with Crippen molar-refractivity contribution in [2.24, 2.45) is 0 Å². The molecule has 1 aromatic rings. The number of rotatable bonds is 3. The van der Waals surface area contributed by atoms with Crippen molar-refractivity contribution >= 4 is 26.8 Å². The molecule has 0 saturated heterocycles. The van der Waals surface area contributed by atoms with E-state index >= 15 is 0 Å². The van der Waals surface area contributed by atoms with E-state index in [-0.39, 0.29) is 0 Å². The highest BCUT2D eigenvalue weighted by atomic mass is 32.3. The third-order valence-electron chi connectivity index (χ3n) is 1.78.